The van der Waals surface area contributed by atoms with Crippen LogP contribution in [0.3, 0.4) is 0 Å². The molecule has 0 aliphatic carbocycles. The molecule has 2 aromatic heterocycles. The summed E-state index contributed by atoms with van der Waals surface area (Å²) in [4.78, 5) is 36.8. The number of nitrogens with zero attached hydrogens (tertiary/aromatic N) is 3. The van der Waals surface area contributed by atoms with Crippen LogP contribution in [0.25, 0.3) is 0 Å². The summed E-state index contributed by atoms with van der Waals surface area (Å²) in [5, 5.41) is 3.56. The van der Waals surface area contributed by atoms with Crippen molar-refractivity contribution in [3.05, 3.63) is 76.6 Å². The number of aryl methyl sites for hydroxylation is 1. The fraction of sp³-hybridized carbons (Fsp3) is 0.304. The Bertz CT molecular complexity index is 1020. The van der Waals surface area contributed by atoms with Crippen molar-refractivity contribution >= 4 is 28.3 Å². The average molecular weight is 421 g/mol. The summed E-state index contributed by atoms with van der Waals surface area (Å²) < 4.78 is 0. The number of carbonyl (C=O) groups is 2. The number of piperidine rings is 1. The lowest BCUT2D eigenvalue weighted by molar-refractivity contribution is -0.123. The van der Waals surface area contributed by atoms with Gasteiger partial charge in [-0.2, -0.15) is 0 Å². The zero-order valence-corrected chi connectivity index (χ0v) is 17.7. The minimum Gasteiger partial charge on any atom is -0.347 e. The number of aromatic nitrogens is 2. The van der Waals surface area contributed by atoms with E-state index in [0.717, 1.165) is 24.0 Å². The van der Waals surface area contributed by atoms with Gasteiger partial charge in [-0.3, -0.25) is 19.5 Å². The van der Waals surface area contributed by atoms with E-state index in [1.165, 1.54) is 11.3 Å². The smallest absolute Gasteiger partial charge is 0.263 e. The molecule has 1 fully saturated rings. The molecule has 1 aromatic carbocycles. The second-order valence-electron chi connectivity index (χ2n) is 7.47. The molecule has 1 aliphatic heterocycles. The summed E-state index contributed by atoms with van der Waals surface area (Å²) in [5.74, 6) is -0.158. The quantitative estimate of drug-likeness (QED) is 0.659. The molecule has 0 spiro atoms. The SMILES string of the molecule is Cc1nc(N2CCCC(Cc3cccnc3)C2=O)sc1C(=O)NCc1ccccc1. The molecule has 4 rings (SSSR count). The zero-order chi connectivity index (χ0) is 20.9. The molecule has 0 radical (unpaired) electrons. The van der Waals surface area contributed by atoms with Gasteiger partial charge in [-0.25, -0.2) is 4.98 Å². The Hall–Kier alpha value is -3.06. The first-order valence-electron chi connectivity index (χ1n) is 10.1. The van der Waals surface area contributed by atoms with Gasteiger partial charge in [0, 0.05) is 31.4 Å². The maximum atomic E-state index is 13.1. The molecule has 1 aliphatic rings. The first kappa shape index (κ1) is 20.2. The summed E-state index contributed by atoms with van der Waals surface area (Å²) in [7, 11) is 0. The first-order chi connectivity index (χ1) is 14.6. The molecule has 0 saturated carbocycles. The van der Waals surface area contributed by atoms with Crippen LogP contribution in [0.15, 0.2) is 54.9 Å². The fourth-order valence-electron chi connectivity index (χ4n) is 3.70. The molecule has 1 unspecified atom stereocenters. The number of pyridine rings is 1. The topological polar surface area (TPSA) is 75.2 Å². The van der Waals surface area contributed by atoms with Crippen molar-refractivity contribution in [2.75, 3.05) is 11.4 Å². The van der Waals surface area contributed by atoms with Gasteiger partial charge in [0.05, 0.1) is 5.69 Å². The highest BCUT2D eigenvalue weighted by Gasteiger charge is 2.32. The molecule has 1 saturated heterocycles. The van der Waals surface area contributed by atoms with E-state index in [1.54, 1.807) is 11.1 Å². The molecule has 1 N–H and O–H groups in total. The lowest BCUT2D eigenvalue weighted by Crippen LogP contribution is -2.42. The van der Waals surface area contributed by atoms with Crippen molar-refractivity contribution in [3.63, 3.8) is 0 Å². The van der Waals surface area contributed by atoms with Crippen molar-refractivity contribution < 1.29 is 9.59 Å². The molecule has 6 nitrogen and oxygen atoms in total. The van der Waals surface area contributed by atoms with Gasteiger partial charge >= 0.3 is 0 Å². The largest absolute Gasteiger partial charge is 0.347 e. The monoisotopic (exact) mass is 420 g/mol. The third-order valence-corrected chi connectivity index (χ3v) is 6.45. The van der Waals surface area contributed by atoms with Crippen LogP contribution in [0.2, 0.25) is 0 Å². The van der Waals surface area contributed by atoms with Crippen molar-refractivity contribution in [2.24, 2.45) is 5.92 Å². The number of rotatable bonds is 6. The van der Waals surface area contributed by atoms with Gasteiger partial charge < -0.3 is 5.32 Å². The third-order valence-electron chi connectivity index (χ3n) is 5.27. The Balaban J connectivity index is 1.45. The van der Waals surface area contributed by atoms with Crippen LogP contribution in [0.1, 0.15) is 39.3 Å². The molecule has 2 amide bonds. The second-order valence-corrected chi connectivity index (χ2v) is 8.45. The minimum absolute atomic E-state index is 0.0788. The maximum Gasteiger partial charge on any atom is 0.263 e. The normalized spacial score (nSPS) is 16.5. The van der Waals surface area contributed by atoms with Crippen LogP contribution in [0.4, 0.5) is 5.13 Å². The molecule has 7 heteroatoms. The number of carbonyl (C=O) groups excluding carboxylic acids is 2. The third kappa shape index (κ3) is 4.57. The number of benzene rings is 1. The van der Waals surface area contributed by atoms with E-state index in [2.05, 4.69) is 15.3 Å². The average Bonchev–Trinajstić information content (AvgIpc) is 3.16. The Kier molecular flexibility index (Phi) is 6.18. The number of hydrogen-bond donors (Lipinski definition) is 1. The van der Waals surface area contributed by atoms with Gasteiger partial charge in [0.2, 0.25) is 5.91 Å². The van der Waals surface area contributed by atoms with Crippen LogP contribution < -0.4 is 10.2 Å². The van der Waals surface area contributed by atoms with E-state index in [9.17, 15) is 9.59 Å². The van der Waals surface area contributed by atoms with Crippen LogP contribution in [0.5, 0.6) is 0 Å². The van der Waals surface area contributed by atoms with Gasteiger partial charge in [-0.05, 0) is 43.4 Å². The summed E-state index contributed by atoms with van der Waals surface area (Å²) in [5.41, 5.74) is 2.76. The maximum absolute atomic E-state index is 13.1. The highest BCUT2D eigenvalue weighted by molar-refractivity contribution is 7.17. The van der Waals surface area contributed by atoms with Gasteiger partial charge in [-0.1, -0.05) is 47.7 Å². The van der Waals surface area contributed by atoms with E-state index in [4.69, 9.17) is 0 Å². The molecular weight excluding hydrogens is 396 g/mol. The number of anilines is 1. The van der Waals surface area contributed by atoms with E-state index >= 15 is 0 Å². The molecule has 30 heavy (non-hydrogen) atoms. The van der Waals surface area contributed by atoms with Gasteiger partial charge in [0.1, 0.15) is 4.88 Å². The van der Waals surface area contributed by atoms with Crippen LogP contribution in [0, 0.1) is 12.8 Å². The van der Waals surface area contributed by atoms with Gasteiger partial charge in [0.15, 0.2) is 5.13 Å². The molecule has 1 atom stereocenters. The second kappa shape index (κ2) is 9.17. The molecule has 0 bridgehead atoms. The molecule has 3 heterocycles. The van der Waals surface area contributed by atoms with Crippen molar-refractivity contribution in [1.82, 2.24) is 15.3 Å². The predicted molar refractivity (Wildman–Crippen MR) is 117 cm³/mol. The zero-order valence-electron chi connectivity index (χ0n) is 16.9. The number of nitrogens with one attached hydrogen (secondary N) is 1. The molecule has 154 valence electrons. The summed E-state index contributed by atoms with van der Waals surface area (Å²) in [6, 6.07) is 13.7. The number of thiazole rings is 1. The number of hydrogen-bond acceptors (Lipinski definition) is 5. The van der Waals surface area contributed by atoms with Crippen LogP contribution in [-0.2, 0) is 17.8 Å². The highest BCUT2D eigenvalue weighted by Crippen LogP contribution is 2.31. The van der Waals surface area contributed by atoms with Crippen molar-refractivity contribution in [2.45, 2.75) is 32.7 Å². The van der Waals surface area contributed by atoms with E-state index in [-0.39, 0.29) is 17.7 Å². The lowest BCUT2D eigenvalue weighted by Gasteiger charge is -2.30. The van der Waals surface area contributed by atoms with Crippen LogP contribution >= 0.6 is 11.3 Å². The Morgan fingerprint density at radius 1 is 1.20 bits per heavy atom. The van der Waals surface area contributed by atoms with Crippen molar-refractivity contribution in [3.8, 4) is 0 Å². The van der Waals surface area contributed by atoms with Crippen LogP contribution in [-0.4, -0.2) is 28.3 Å². The number of amides is 2. The van der Waals surface area contributed by atoms with E-state index < -0.39 is 0 Å². The lowest BCUT2D eigenvalue weighted by atomic mass is 9.91. The van der Waals surface area contributed by atoms with Crippen molar-refractivity contribution in [1.29, 1.82) is 0 Å². The minimum atomic E-state index is -0.156. The van der Waals surface area contributed by atoms with E-state index in [1.807, 2.05) is 55.6 Å². The highest BCUT2D eigenvalue weighted by atomic mass is 32.1. The summed E-state index contributed by atoms with van der Waals surface area (Å²) >= 11 is 1.29. The van der Waals surface area contributed by atoms with Gasteiger partial charge in [0.25, 0.3) is 5.91 Å². The Morgan fingerprint density at radius 2 is 2.00 bits per heavy atom. The first-order valence-corrected chi connectivity index (χ1v) is 10.9. The predicted octanol–water partition coefficient (Wildman–Crippen LogP) is 3.76. The standard InChI is InChI=1S/C23H24N4O2S/c1-16-20(21(28)25-15-17-7-3-2-4-8-17)30-23(26-16)27-12-6-10-19(22(27)29)13-18-9-5-11-24-14-18/h2-5,7-9,11,14,19H,6,10,12-13,15H2,1H3,(H,25,28). The summed E-state index contributed by atoms with van der Waals surface area (Å²) in [6.45, 7) is 2.92. The Labute approximate surface area is 180 Å². The summed E-state index contributed by atoms with van der Waals surface area (Å²) in [6.07, 6.45) is 6.01. The molecular formula is C23H24N4O2S. The molecule has 3 aromatic rings. The van der Waals surface area contributed by atoms with E-state index in [0.29, 0.717) is 35.2 Å². The fourth-order valence-corrected chi connectivity index (χ4v) is 4.71. The Morgan fingerprint density at radius 3 is 2.77 bits per heavy atom. The van der Waals surface area contributed by atoms with Gasteiger partial charge in [-0.15, -0.1) is 0 Å².